The zero-order valence-corrected chi connectivity index (χ0v) is 11.3. The summed E-state index contributed by atoms with van der Waals surface area (Å²) in [6, 6.07) is 8.07. The summed E-state index contributed by atoms with van der Waals surface area (Å²) >= 11 is 0. The molecule has 0 aromatic heterocycles. The monoisotopic (exact) mass is 275 g/mol. The number of carboxylic acid groups (broad SMARTS) is 1. The molecule has 0 saturated heterocycles. The zero-order chi connectivity index (χ0) is 14.8. The molecule has 0 aliphatic carbocycles. The van der Waals surface area contributed by atoms with Crippen LogP contribution in [0.5, 0.6) is 0 Å². The van der Waals surface area contributed by atoms with E-state index in [1.807, 2.05) is 18.2 Å². The molecule has 0 aliphatic heterocycles. The second-order valence-electron chi connectivity index (χ2n) is 4.12. The van der Waals surface area contributed by atoms with Crippen LogP contribution in [-0.2, 0) is 14.3 Å². The number of carbonyl (C=O) groups is 2. The highest BCUT2D eigenvalue weighted by molar-refractivity contribution is 5.96. The van der Waals surface area contributed by atoms with Crippen molar-refractivity contribution in [3.8, 4) is 11.8 Å². The summed E-state index contributed by atoms with van der Waals surface area (Å²) in [6.45, 7) is 0.454. The van der Waals surface area contributed by atoms with E-state index in [1.54, 1.807) is 19.2 Å². The van der Waals surface area contributed by atoms with E-state index in [0.717, 1.165) is 0 Å². The maximum Gasteiger partial charge on any atom is 0.326 e. The molecule has 2 N–H and O–H groups in total. The van der Waals surface area contributed by atoms with Crippen LogP contribution in [0.4, 0.5) is 0 Å². The molecular formula is C15H17NO4. The molecule has 1 unspecified atom stereocenters. The molecule has 1 atom stereocenters. The molecule has 5 heteroatoms. The van der Waals surface area contributed by atoms with Gasteiger partial charge in [-0.2, -0.15) is 0 Å². The molecule has 1 rings (SSSR count). The van der Waals surface area contributed by atoms with Gasteiger partial charge >= 0.3 is 5.97 Å². The van der Waals surface area contributed by atoms with Crippen LogP contribution in [0.25, 0.3) is 0 Å². The second-order valence-corrected chi connectivity index (χ2v) is 4.12. The van der Waals surface area contributed by atoms with Gasteiger partial charge in [0.25, 0.3) is 5.91 Å². The minimum atomic E-state index is -1.07. The SMILES string of the molecule is COCCCC(NC(=O)C#Cc1ccccc1)C(=O)O. The largest absolute Gasteiger partial charge is 0.480 e. The van der Waals surface area contributed by atoms with Gasteiger partial charge in [0.2, 0.25) is 0 Å². The van der Waals surface area contributed by atoms with Crippen molar-refractivity contribution in [2.45, 2.75) is 18.9 Å². The molecule has 1 amide bonds. The zero-order valence-electron chi connectivity index (χ0n) is 11.3. The Morgan fingerprint density at radius 2 is 2.05 bits per heavy atom. The molecule has 0 bridgehead atoms. The van der Waals surface area contributed by atoms with Crippen molar-refractivity contribution in [3.63, 3.8) is 0 Å². The first-order chi connectivity index (χ1) is 9.63. The Kier molecular flexibility index (Phi) is 6.87. The van der Waals surface area contributed by atoms with E-state index in [1.165, 1.54) is 0 Å². The number of amides is 1. The third-order valence-electron chi connectivity index (χ3n) is 2.54. The Hall–Kier alpha value is -2.32. The number of methoxy groups -OCH3 is 1. The van der Waals surface area contributed by atoms with Crippen LogP contribution >= 0.6 is 0 Å². The van der Waals surface area contributed by atoms with Gasteiger partial charge in [-0.15, -0.1) is 0 Å². The molecule has 20 heavy (non-hydrogen) atoms. The fourth-order valence-corrected chi connectivity index (χ4v) is 1.53. The van der Waals surface area contributed by atoms with E-state index < -0.39 is 17.9 Å². The molecule has 0 spiro atoms. The average molecular weight is 275 g/mol. The van der Waals surface area contributed by atoms with E-state index in [2.05, 4.69) is 17.2 Å². The van der Waals surface area contributed by atoms with Crippen LogP contribution in [-0.4, -0.2) is 36.7 Å². The molecule has 1 aromatic rings. The Morgan fingerprint density at radius 1 is 1.35 bits per heavy atom. The van der Waals surface area contributed by atoms with Gasteiger partial charge in [-0.1, -0.05) is 24.1 Å². The highest BCUT2D eigenvalue weighted by Gasteiger charge is 2.18. The van der Waals surface area contributed by atoms with E-state index in [-0.39, 0.29) is 0 Å². The highest BCUT2D eigenvalue weighted by Crippen LogP contribution is 1.98. The second kappa shape index (κ2) is 8.73. The number of nitrogens with one attached hydrogen (secondary N) is 1. The highest BCUT2D eigenvalue weighted by atomic mass is 16.5. The van der Waals surface area contributed by atoms with Crippen molar-refractivity contribution in [2.75, 3.05) is 13.7 Å². The van der Waals surface area contributed by atoms with Crippen molar-refractivity contribution in [1.29, 1.82) is 0 Å². The normalized spacial score (nSPS) is 11.1. The van der Waals surface area contributed by atoms with E-state index >= 15 is 0 Å². The van der Waals surface area contributed by atoms with Gasteiger partial charge in [0.15, 0.2) is 0 Å². The molecule has 5 nitrogen and oxygen atoms in total. The maximum atomic E-state index is 11.6. The Labute approximate surface area is 117 Å². The minimum absolute atomic E-state index is 0.307. The van der Waals surface area contributed by atoms with E-state index in [0.29, 0.717) is 25.0 Å². The van der Waals surface area contributed by atoms with E-state index in [9.17, 15) is 9.59 Å². The predicted octanol–water partition coefficient (Wildman–Crippen LogP) is 1.03. The molecule has 0 radical (unpaired) electrons. The fraction of sp³-hybridized carbons (Fsp3) is 0.333. The van der Waals surface area contributed by atoms with Gasteiger partial charge in [-0.25, -0.2) is 4.79 Å². The van der Waals surface area contributed by atoms with Gasteiger partial charge < -0.3 is 15.2 Å². The maximum absolute atomic E-state index is 11.6. The number of rotatable bonds is 6. The van der Waals surface area contributed by atoms with Crippen molar-refractivity contribution in [3.05, 3.63) is 35.9 Å². The van der Waals surface area contributed by atoms with Crippen LogP contribution in [0, 0.1) is 11.8 Å². The summed E-state index contributed by atoms with van der Waals surface area (Å²) in [6.07, 6.45) is 0.863. The summed E-state index contributed by atoms with van der Waals surface area (Å²) in [7, 11) is 1.54. The average Bonchev–Trinajstić information content (AvgIpc) is 2.45. The lowest BCUT2D eigenvalue weighted by atomic mass is 10.1. The molecule has 0 heterocycles. The lowest BCUT2D eigenvalue weighted by molar-refractivity contribution is -0.141. The van der Waals surface area contributed by atoms with Crippen LogP contribution in [0.3, 0.4) is 0 Å². The first kappa shape index (κ1) is 15.7. The van der Waals surface area contributed by atoms with Gasteiger partial charge in [0, 0.05) is 25.2 Å². The molecule has 0 aliphatic rings. The number of hydrogen-bond acceptors (Lipinski definition) is 3. The van der Waals surface area contributed by atoms with Gasteiger partial charge in [0.05, 0.1) is 0 Å². The number of benzene rings is 1. The third kappa shape index (κ3) is 6.03. The van der Waals surface area contributed by atoms with Crippen molar-refractivity contribution >= 4 is 11.9 Å². The first-order valence-electron chi connectivity index (χ1n) is 6.23. The smallest absolute Gasteiger partial charge is 0.326 e. The van der Waals surface area contributed by atoms with Crippen molar-refractivity contribution in [1.82, 2.24) is 5.32 Å². The van der Waals surface area contributed by atoms with Gasteiger partial charge in [-0.05, 0) is 25.0 Å². The number of hydrogen-bond donors (Lipinski definition) is 2. The van der Waals surface area contributed by atoms with Crippen LogP contribution in [0.1, 0.15) is 18.4 Å². The standard InChI is InChI=1S/C15H17NO4/c1-20-11-5-8-13(15(18)19)16-14(17)10-9-12-6-3-2-4-7-12/h2-4,6-7,13H,5,8,11H2,1H3,(H,16,17)(H,18,19). The van der Waals surface area contributed by atoms with Crippen molar-refractivity contribution in [2.24, 2.45) is 0 Å². The Balaban J connectivity index is 2.54. The van der Waals surface area contributed by atoms with Crippen molar-refractivity contribution < 1.29 is 19.4 Å². The predicted molar refractivity (Wildman–Crippen MR) is 74.0 cm³/mol. The summed E-state index contributed by atoms with van der Waals surface area (Å²) in [5.74, 6) is 3.38. The van der Waals surface area contributed by atoms with Gasteiger partial charge in [-0.3, -0.25) is 4.79 Å². The van der Waals surface area contributed by atoms with Crippen LogP contribution < -0.4 is 5.32 Å². The summed E-state index contributed by atoms with van der Waals surface area (Å²) < 4.78 is 4.85. The first-order valence-corrected chi connectivity index (χ1v) is 6.23. The molecule has 1 aromatic carbocycles. The number of aliphatic carboxylic acids is 1. The lowest BCUT2D eigenvalue weighted by Crippen LogP contribution is -2.40. The number of carbonyl (C=O) groups excluding carboxylic acids is 1. The van der Waals surface area contributed by atoms with E-state index in [4.69, 9.17) is 9.84 Å². The minimum Gasteiger partial charge on any atom is -0.480 e. The Bertz CT molecular complexity index is 502. The number of carboxylic acids is 1. The molecule has 0 saturated carbocycles. The molecular weight excluding hydrogens is 258 g/mol. The number of ether oxygens (including phenoxy) is 1. The van der Waals surface area contributed by atoms with Crippen LogP contribution in [0.2, 0.25) is 0 Å². The van der Waals surface area contributed by atoms with Gasteiger partial charge in [0.1, 0.15) is 6.04 Å². The summed E-state index contributed by atoms with van der Waals surface area (Å²) in [5, 5.41) is 11.4. The molecule has 106 valence electrons. The topological polar surface area (TPSA) is 75.6 Å². The lowest BCUT2D eigenvalue weighted by Gasteiger charge is -2.11. The quantitative estimate of drug-likeness (QED) is 0.600. The summed E-state index contributed by atoms with van der Waals surface area (Å²) in [5.41, 5.74) is 0.703. The third-order valence-corrected chi connectivity index (χ3v) is 2.54. The molecule has 0 fully saturated rings. The summed E-state index contributed by atoms with van der Waals surface area (Å²) in [4.78, 5) is 22.6. The Morgan fingerprint density at radius 3 is 2.65 bits per heavy atom. The fourth-order valence-electron chi connectivity index (χ4n) is 1.53. The van der Waals surface area contributed by atoms with Crippen LogP contribution in [0.15, 0.2) is 30.3 Å².